The van der Waals surface area contributed by atoms with Crippen LogP contribution in [0.2, 0.25) is 0 Å². The Hall–Kier alpha value is -1.43. The van der Waals surface area contributed by atoms with Gasteiger partial charge < -0.3 is 5.32 Å². The van der Waals surface area contributed by atoms with Crippen molar-refractivity contribution < 1.29 is 9.72 Å². The molecule has 5 nitrogen and oxygen atoms in total. The molecule has 0 radical (unpaired) electrons. The number of nitro benzene ring substituents is 1. The lowest BCUT2D eigenvalue weighted by atomic mass is 10.0. The van der Waals surface area contributed by atoms with E-state index in [0.29, 0.717) is 16.0 Å². The molecule has 0 spiro atoms. The van der Waals surface area contributed by atoms with Crippen LogP contribution < -0.4 is 5.32 Å². The maximum Gasteiger partial charge on any atom is 0.284 e. The number of carbonyl (C=O) groups is 1. The van der Waals surface area contributed by atoms with Crippen LogP contribution in [-0.2, 0) is 0 Å². The summed E-state index contributed by atoms with van der Waals surface area (Å²) in [6.07, 6.45) is 1.92. The van der Waals surface area contributed by atoms with E-state index >= 15 is 0 Å². The third-order valence-corrected chi connectivity index (χ3v) is 3.63. The van der Waals surface area contributed by atoms with Gasteiger partial charge in [0.05, 0.1) is 9.40 Å². The molecule has 0 saturated carbocycles. The third kappa shape index (κ3) is 4.92. The molecule has 0 fully saturated rings. The van der Waals surface area contributed by atoms with Crippen molar-refractivity contribution in [3.05, 3.63) is 38.3 Å². The van der Waals surface area contributed by atoms with E-state index < -0.39 is 4.92 Å². The predicted octanol–water partition coefficient (Wildman–Crippen LogP) is 3.91. The normalized spacial score (nSPS) is 12.2. The quantitative estimate of drug-likeness (QED) is 0.629. The summed E-state index contributed by atoms with van der Waals surface area (Å²) < 4.78 is 0.368. The Morgan fingerprint density at radius 3 is 2.55 bits per heavy atom. The van der Waals surface area contributed by atoms with Gasteiger partial charge >= 0.3 is 0 Å². The summed E-state index contributed by atoms with van der Waals surface area (Å²) >= 11 is 3.10. The molecule has 0 aliphatic carbocycles. The molecular weight excluding hydrogens is 324 g/mol. The molecule has 20 heavy (non-hydrogen) atoms. The number of halogens is 1. The van der Waals surface area contributed by atoms with Crippen molar-refractivity contribution >= 4 is 27.5 Å². The lowest BCUT2D eigenvalue weighted by Crippen LogP contribution is -2.32. The Labute approximate surface area is 127 Å². The first-order valence-electron chi connectivity index (χ1n) is 6.56. The third-order valence-electron chi connectivity index (χ3n) is 2.96. The van der Waals surface area contributed by atoms with Gasteiger partial charge in [-0.25, -0.2) is 0 Å². The second-order valence-corrected chi connectivity index (χ2v) is 6.12. The van der Waals surface area contributed by atoms with Crippen LogP contribution in [0.3, 0.4) is 0 Å². The first kappa shape index (κ1) is 16.6. The fraction of sp³-hybridized carbons (Fsp3) is 0.500. The van der Waals surface area contributed by atoms with E-state index in [1.54, 1.807) is 6.07 Å². The van der Waals surface area contributed by atoms with Crippen molar-refractivity contribution in [2.75, 3.05) is 0 Å². The summed E-state index contributed by atoms with van der Waals surface area (Å²) in [6.45, 7) is 6.20. The average molecular weight is 343 g/mol. The second kappa shape index (κ2) is 7.38. The molecule has 0 saturated heterocycles. The standard InChI is InChI=1S/C14H19BrN2O3/c1-9(2)4-5-10(3)16-14(18)11-6-7-12(15)13(8-11)17(19)20/h6-10H,4-5H2,1-3H3,(H,16,18). The van der Waals surface area contributed by atoms with Crippen LogP contribution in [0.5, 0.6) is 0 Å². The number of hydrogen-bond donors (Lipinski definition) is 1. The SMILES string of the molecule is CC(C)CCC(C)NC(=O)c1ccc(Br)c([N+](=O)[O-])c1. The molecule has 0 aliphatic heterocycles. The van der Waals surface area contributed by atoms with Gasteiger partial charge in [0.1, 0.15) is 0 Å². The Balaban J connectivity index is 2.73. The van der Waals surface area contributed by atoms with E-state index in [1.165, 1.54) is 12.1 Å². The molecule has 0 heterocycles. The largest absolute Gasteiger partial charge is 0.350 e. The minimum atomic E-state index is -0.511. The van der Waals surface area contributed by atoms with E-state index in [2.05, 4.69) is 35.1 Å². The summed E-state index contributed by atoms with van der Waals surface area (Å²) in [5.74, 6) is 0.306. The summed E-state index contributed by atoms with van der Waals surface area (Å²) in [5, 5.41) is 13.7. The van der Waals surface area contributed by atoms with E-state index in [9.17, 15) is 14.9 Å². The van der Waals surface area contributed by atoms with Crippen molar-refractivity contribution in [3.63, 3.8) is 0 Å². The summed E-state index contributed by atoms with van der Waals surface area (Å²) in [5.41, 5.74) is 0.198. The number of amides is 1. The van der Waals surface area contributed by atoms with Gasteiger partial charge in [0.2, 0.25) is 0 Å². The highest BCUT2D eigenvalue weighted by atomic mass is 79.9. The van der Waals surface area contributed by atoms with Gasteiger partial charge in [-0.2, -0.15) is 0 Å². The zero-order valence-corrected chi connectivity index (χ0v) is 13.4. The van der Waals surface area contributed by atoms with E-state index in [-0.39, 0.29) is 17.6 Å². The summed E-state index contributed by atoms with van der Waals surface area (Å²) in [7, 11) is 0. The Bertz CT molecular complexity index is 503. The van der Waals surface area contributed by atoms with Crippen molar-refractivity contribution in [2.45, 2.75) is 39.7 Å². The monoisotopic (exact) mass is 342 g/mol. The molecule has 1 rings (SSSR count). The van der Waals surface area contributed by atoms with E-state index in [0.717, 1.165) is 12.8 Å². The zero-order valence-electron chi connectivity index (χ0n) is 11.9. The van der Waals surface area contributed by atoms with Gasteiger partial charge in [-0.05, 0) is 53.7 Å². The molecule has 1 amide bonds. The number of rotatable bonds is 6. The molecule has 0 aliphatic rings. The highest BCUT2D eigenvalue weighted by molar-refractivity contribution is 9.10. The van der Waals surface area contributed by atoms with Gasteiger partial charge in [0, 0.05) is 17.7 Å². The van der Waals surface area contributed by atoms with Crippen LogP contribution in [0.4, 0.5) is 5.69 Å². The van der Waals surface area contributed by atoms with Gasteiger partial charge in [-0.15, -0.1) is 0 Å². The van der Waals surface area contributed by atoms with Crippen molar-refractivity contribution in [3.8, 4) is 0 Å². The van der Waals surface area contributed by atoms with Gasteiger partial charge in [-0.1, -0.05) is 13.8 Å². The molecule has 0 aromatic heterocycles. The van der Waals surface area contributed by atoms with Crippen LogP contribution >= 0.6 is 15.9 Å². The van der Waals surface area contributed by atoms with E-state index in [1.807, 2.05) is 6.92 Å². The summed E-state index contributed by atoms with van der Waals surface area (Å²) in [4.78, 5) is 22.4. The number of nitro groups is 1. The lowest BCUT2D eigenvalue weighted by Gasteiger charge is -2.15. The van der Waals surface area contributed by atoms with Crippen molar-refractivity contribution in [1.29, 1.82) is 0 Å². The van der Waals surface area contributed by atoms with Crippen LogP contribution in [0.25, 0.3) is 0 Å². The van der Waals surface area contributed by atoms with E-state index in [4.69, 9.17) is 0 Å². The molecular formula is C14H19BrN2O3. The van der Waals surface area contributed by atoms with Crippen molar-refractivity contribution in [2.24, 2.45) is 5.92 Å². The van der Waals surface area contributed by atoms with Crippen LogP contribution in [0.15, 0.2) is 22.7 Å². The topological polar surface area (TPSA) is 72.2 Å². The molecule has 0 bridgehead atoms. The first-order valence-corrected chi connectivity index (χ1v) is 7.35. The molecule has 1 aromatic rings. The van der Waals surface area contributed by atoms with Gasteiger partial charge in [0.25, 0.3) is 11.6 Å². The zero-order chi connectivity index (χ0) is 15.3. The lowest BCUT2D eigenvalue weighted by molar-refractivity contribution is -0.385. The number of benzene rings is 1. The number of nitrogens with zero attached hydrogens (tertiary/aromatic N) is 1. The highest BCUT2D eigenvalue weighted by Gasteiger charge is 2.17. The molecule has 1 atom stereocenters. The molecule has 1 unspecified atom stereocenters. The minimum Gasteiger partial charge on any atom is -0.350 e. The van der Waals surface area contributed by atoms with Crippen molar-refractivity contribution in [1.82, 2.24) is 5.32 Å². The Morgan fingerprint density at radius 1 is 1.35 bits per heavy atom. The highest BCUT2D eigenvalue weighted by Crippen LogP contribution is 2.25. The predicted molar refractivity (Wildman–Crippen MR) is 81.8 cm³/mol. The van der Waals surface area contributed by atoms with Crippen LogP contribution in [0.1, 0.15) is 44.0 Å². The van der Waals surface area contributed by atoms with Gasteiger partial charge in [-0.3, -0.25) is 14.9 Å². The number of nitrogens with one attached hydrogen (secondary N) is 1. The van der Waals surface area contributed by atoms with Crippen LogP contribution in [0, 0.1) is 16.0 Å². The molecule has 1 aromatic carbocycles. The van der Waals surface area contributed by atoms with Gasteiger partial charge in [0.15, 0.2) is 0 Å². The fourth-order valence-electron chi connectivity index (χ4n) is 1.76. The Morgan fingerprint density at radius 2 is 2.00 bits per heavy atom. The molecule has 110 valence electrons. The smallest absolute Gasteiger partial charge is 0.284 e. The first-order chi connectivity index (χ1) is 9.31. The maximum absolute atomic E-state index is 12.0. The Kier molecular flexibility index (Phi) is 6.13. The number of carbonyl (C=O) groups excluding carboxylic acids is 1. The summed E-state index contributed by atoms with van der Waals surface area (Å²) in [6, 6.07) is 4.43. The molecule has 1 N–H and O–H groups in total. The molecule has 6 heteroatoms. The second-order valence-electron chi connectivity index (χ2n) is 5.27. The fourth-order valence-corrected chi connectivity index (χ4v) is 2.15. The minimum absolute atomic E-state index is 0.0487. The van der Waals surface area contributed by atoms with Crippen LogP contribution in [-0.4, -0.2) is 16.9 Å². The number of hydrogen-bond acceptors (Lipinski definition) is 3. The maximum atomic E-state index is 12.0. The average Bonchev–Trinajstić information content (AvgIpc) is 2.36.